The second kappa shape index (κ2) is 6.95. The van der Waals surface area contributed by atoms with Gasteiger partial charge < -0.3 is 14.7 Å². The molecule has 0 amide bonds. The first-order valence-corrected chi connectivity index (χ1v) is 8.45. The van der Waals surface area contributed by atoms with Crippen LogP contribution in [0, 0.1) is 0 Å². The quantitative estimate of drug-likeness (QED) is 0.795. The van der Waals surface area contributed by atoms with E-state index in [-0.39, 0.29) is 5.92 Å². The SMILES string of the molecule is CCCCCN1CC(c2ccc(OC)cc2O)c2ccccc21. The number of unbranched alkanes of at least 4 members (excludes halogenated alkanes) is 2. The van der Waals surface area contributed by atoms with E-state index in [1.807, 2.05) is 12.1 Å². The highest BCUT2D eigenvalue weighted by atomic mass is 16.5. The Labute approximate surface area is 138 Å². The van der Waals surface area contributed by atoms with Crippen molar-refractivity contribution in [3.63, 3.8) is 0 Å². The van der Waals surface area contributed by atoms with E-state index in [4.69, 9.17) is 4.74 Å². The third-order valence-corrected chi connectivity index (χ3v) is 4.70. The summed E-state index contributed by atoms with van der Waals surface area (Å²) in [4.78, 5) is 2.46. The van der Waals surface area contributed by atoms with Gasteiger partial charge in [-0.15, -0.1) is 0 Å². The van der Waals surface area contributed by atoms with Gasteiger partial charge in [-0.1, -0.05) is 44.0 Å². The van der Waals surface area contributed by atoms with Crippen molar-refractivity contribution in [1.82, 2.24) is 0 Å². The highest BCUT2D eigenvalue weighted by Gasteiger charge is 2.30. The maximum atomic E-state index is 10.4. The predicted octanol–water partition coefficient (Wildman–Crippen LogP) is 4.54. The number of nitrogens with zero attached hydrogens (tertiary/aromatic N) is 1. The average molecular weight is 311 g/mol. The molecule has 0 saturated heterocycles. The molecule has 1 heterocycles. The molecule has 0 fully saturated rings. The number of phenols is 1. The van der Waals surface area contributed by atoms with E-state index in [0.29, 0.717) is 11.5 Å². The molecule has 1 atom stereocenters. The van der Waals surface area contributed by atoms with Crippen LogP contribution in [-0.4, -0.2) is 25.3 Å². The normalized spacial score (nSPS) is 16.4. The van der Waals surface area contributed by atoms with Gasteiger partial charge in [0.05, 0.1) is 7.11 Å². The van der Waals surface area contributed by atoms with Gasteiger partial charge in [-0.3, -0.25) is 0 Å². The molecular weight excluding hydrogens is 286 g/mol. The summed E-state index contributed by atoms with van der Waals surface area (Å²) in [5.74, 6) is 1.23. The number of ether oxygens (including phenoxy) is 1. The summed E-state index contributed by atoms with van der Waals surface area (Å²) in [5.41, 5.74) is 3.60. The smallest absolute Gasteiger partial charge is 0.123 e. The average Bonchev–Trinajstić information content (AvgIpc) is 2.94. The van der Waals surface area contributed by atoms with Crippen LogP contribution in [0.15, 0.2) is 42.5 Å². The molecule has 1 N–H and O–H groups in total. The second-order valence-electron chi connectivity index (χ2n) is 6.19. The Bertz CT molecular complexity index is 668. The van der Waals surface area contributed by atoms with Gasteiger partial charge in [-0.25, -0.2) is 0 Å². The molecule has 23 heavy (non-hydrogen) atoms. The van der Waals surface area contributed by atoms with Crippen LogP contribution in [0.5, 0.6) is 11.5 Å². The maximum absolute atomic E-state index is 10.4. The molecule has 3 heteroatoms. The molecular formula is C20H25NO2. The molecule has 0 saturated carbocycles. The van der Waals surface area contributed by atoms with Crippen molar-refractivity contribution in [2.24, 2.45) is 0 Å². The number of benzene rings is 2. The number of aromatic hydroxyl groups is 1. The molecule has 0 bridgehead atoms. The Morgan fingerprint density at radius 2 is 1.96 bits per heavy atom. The number of phenolic OH excluding ortho intramolecular Hbond substituents is 1. The van der Waals surface area contributed by atoms with E-state index in [1.165, 1.54) is 30.5 Å². The Kier molecular flexibility index (Phi) is 4.75. The van der Waals surface area contributed by atoms with Crippen LogP contribution < -0.4 is 9.64 Å². The van der Waals surface area contributed by atoms with Crippen molar-refractivity contribution >= 4 is 5.69 Å². The minimum Gasteiger partial charge on any atom is -0.508 e. The maximum Gasteiger partial charge on any atom is 0.123 e. The number of methoxy groups -OCH3 is 1. The van der Waals surface area contributed by atoms with E-state index in [2.05, 4.69) is 36.1 Å². The second-order valence-corrected chi connectivity index (χ2v) is 6.19. The predicted molar refractivity (Wildman–Crippen MR) is 94.7 cm³/mol. The van der Waals surface area contributed by atoms with Crippen molar-refractivity contribution in [1.29, 1.82) is 0 Å². The van der Waals surface area contributed by atoms with Crippen LogP contribution in [0.2, 0.25) is 0 Å². The molecule has 1 aliphatic heterocycles. The van der Waals surface area contributed by atoms with Gasteiger partial charge in [0, 0.05) is 36.3 Å². The van der Waals surface area contributed by atoms with Crippen LogP contribution in [0.1, 0.15) is 43.2 Å². The number of hydrogen-bond donors (Lipinski definition) is 1. The lowest BCUT2D eigenvalue weighted by Crippen LogP contribution is -2.23. The number of anilines is 1. The Hall–Kier alpha value is -2.16. The van der Waals surface area contributed by atoms with Gasteiger partial charge in [0.25, 0.3) is 0 Å². The van der Waals surface area contributed by atoms with Crippen LogP contribution in [-0.2, 0) is 0 Å². The lowest BCUT2D eigenvalue weighted by Gasteiger charge is -2.20. The molecule has 0 radical (unpaired) electrons. The van der Waals surface area contributed by atoms with Crippen molar-refractivity contribution < 1.29 is 9.84 Å². The highest BCUT2D eigenvalue weighted by molar-refractivity contribution is 5.64. The van der Waals surface area contributed by atoms with Crippen LogP contribution in [0.4, 0.5) is 5.69 Å². The van der Waals surface area contributed by atoms with E-state index in [0.717, 1.165) is 18.7 Å². The molecule has 3 nitrogen and oxygen atoms in total. The number of fused-ring (bicyclic) bond motifs is 1. The summed E-state index contributed by atoms with van der Waals surface area (Å²) < 4.78 is 5.20. The summed E-state index contributed by atoms with van der Waals surface area (Å²) in [6.45, 7) is 4.25. The molecule has 1 unspecified atom stereocenters. The van der Waals surface area contributed by atoms with E-state index in [1.54, 1.807) is 13.2 Å². The van der Waals surface area contributed by atoms with Gasteiger partial charge in [0.2, 0.25) is 0 Å². The van der Waals surface area contributed by atoms with Gasteiger partial charge in [0.15, 0.2) is 0 Å². The molecule has 0 spiro atoms. The summed E-state index contributed by atoms with van der Waals surface area (Å²) in [6, 6.07) is 14.2. The summed E-state index contributed by atoms with van der Waals surface area (Å²) >= 11 is 0. The molecule has 0 aromatic heterocycles. The highest BCUT2D eigenvalue weighted by Crippen LogP contribution is 2.43. The van der Waals surface area contributed by atoms with Gasteiger partial charge in [0.1, 0.15) is 11.5 Å². The van der Waals surface area contributed by atoms with Crippen molar-refractivity contribution in [3.8, 4) is 11.5 Å². The first-order chi connectivity index (χ1) is 11.2. The van der Waals surface area contributed by atoms with Crippen LogP contribution in [0.25, 0.3) is 0 Å². The molecule has 3 rings (SSSR count). The zero-order chi connectivity index (χ0) is 16.2. The summed E-state index contributed by atoms with van der Waals surface area (Å²) in [6.07, 6.45) is 3.71. The largest absolute Gasteiger partial charge is 0.508 e. The number of rotatable bonds is 6. The third kappa shape index (κ3) is 3.14. The Balaban J connectivity index is 1.89. The first-order valence-electron chi connectivity index (χ1n) is 8.45. The molecule has 2 aromatic carbocycles. The van der Waals surface area contributed by atoms with E-state index in [9.17, 15) is 5.11 Å². The number of para-hydroxylation sites is 1. The van der Waals surface area contributed by atoms with Gasteiger partial charge in [-0.05, 0) is 24.1 Å². The first kappa shape index (κ1) is 15.7. The Morgan fingerprint density at radius 3 is 2.70 bits per heavy atom. The summed E-state index contributed by atoms with van der Waals surface area (Å²) in [7, 11) is 1.62. The van der Waals surface area contributed by atoms with E-state index >= 15 is 0 Å². The van der Waals surface area contributed by atoms with E-state index < -0.39 is 0 Å². The minimum atomic E-state index is 0.221. The van der Waals surface area contributed by atoms with Crippen molar-refractivity contribution in [3.05, 3.63) is 53.6 Å². The van der Waals surface area contributed by atoms with Gasteiger partial charge in [-0.2, -0.15) is 0 Å². The lowest BCUT2D eigenvalue weighted by atomic mass is 9.92. The number of hydrogen-bond acceptors (Lipinski definition) is 3. The molecule has 0 aliphatic carbocycles. The van der Waals surface area contributed by atoms with Crippen LogP contribution >= 0.6 is 0 Å². The van der Waals surface area contributed by atoms with Crippen molar-refractivity contribution in [2.45, 2.75) is 32.1 Å². The topological polar surface area (TPSA) is 32.7 Å². The monoisotopic (exact) mass is 311 g/mol. The van der Waals surface area contributed by atoms with Gasteiger partial charge >= 0.3 is 0 Å². The standard InChI is InChI=1S/C20H25NO2/c1-3-4-7-12-21-14-18(16-8-5-6-9-19(16)21)17-11-10-15(23-2)13-20(17)22/h5-6,8-11,13,18,22H,3-4,7,12,14H2,1-2H3. The third-order valence-electron chi connectivity index (χ3n) is 4.70. The molecule has 2 aromatic rings. The van der Waals surface area contributed by atoms with Crippen molar-refractivity contribution in [2.75, 3.05) is 25.1 Å². The Morgan fingerprint density at radius 1 is 1.13 bits per heavy atom. The minimum absolute atomic E-state index is 0.221. The fraction of sp³-hybridized carbons (Fsp3) is 0.400. The summed E-state index contributed by atoms with van der Waals surface area (Å²) in [5, 5.41) is 10.4. The molecule has 1 aliphatic rings. The zero-order valence-electron chi connectivity index (χ0n) is 14.0. The molecule has 122 valence electrons. The van der Waals surface area contributed by atoms with Crippen LogP contribution in [0.3, 0.4) is 0 Å². The fourth-order valence-corrected chi connectivity index (χ4v) is 3.46. The zero-order valence-corrected chi connectivity index (χ0v) is 14.0. The lowest BCUT2D eigenvalue weighted by molar-refractivity contribution is 0.406. The fourth-order valence-electron chi connectivity index (χ4n) is 3.46.